The highest BCUT2D eigenvalue weighted by Crippen LogP contribution is 2.30. The smallest absolute Gasteiger partial charge is 0.475 e. The van der Waals surface area contributed by atoms with Crippen LogP contribution >= 0.6 is 11.3 Å². The Morgan fingerprint density at radius 3 is 2.19 bits per heavy atom. The Bertz CT molecular complexity index is 1030. The zero-order valence-electron chi connectivity index (χ0n) is 19.6. The molecule has 1 aliphatic carbocycles. The molecule has 3 heterocycles. The maximum Gasteiger partial charge on any atom is 0.490 e. The van der Waals surface area contributed by atoms with Crippen LogP contribution in [0, 0.1) is 12.8 Å². The number of fused-ring (bicyclic) bond motifs is 1. The van der Waals surface area contributed by atoms with Crippen LogP contribution in [0.25, 0.3) is 0 Å². The monoisotopic (exact) mass is 557 g/mol. The van der Waals surface area contributed by atoms with Crippen molar-refractivity contribution in [3.63, 3.8) is 0 Å². The number of aromatic nitrogens is 2. The van der Waals surface area contributed by atoms with Gasteiger partial charge in [0.2, 0.25) is 0 Å². The molecule has 0 atom stereocenters. The van der Waals surface area contributed by atoms with E-state index in [0.29, 0.717) is 0 Å². The molecule has 0 amide bonds. The highest BCUT2D eigenvalue weighted by molar-refractivity contribution is 7.09. The Balaban J connectivity index is 0.000000286. The van der Waals surface area contributed by atoms with Crippen LogP contribution in [-0.2, 0) is 40.4 Å². The van der Waals surface area contributed by atoms with Crippen molar-refractivity contribution < 1.29 is 50.9 Å². The van der Waals surface area contributed by atoms with Crippen LogP contribution in [0.5, 0.6) is 0 Å². The number of carboxylic acid groups (broad SMARTS) is 2. The fourth-order valence-electron chi connectivity index (χ4n) is 3.22. The number of pyridine rings is 1. The van der Waals surface area contributed by atoms with Gasteiger partial charge in [-0.3, -0.25) is 9.88 Å². The van der Waals surface area contributed by atoms with Gasteiger partial charge < -0.3 is 14.9 Å². The Labute approximate surface area is 211 Å². The molecule has 1 aliphatic heterocycles. The molecule has 0 unspecified atom stereocenters. The third kappa shape index (κ3) is 11.0. The molecule has 2 aliphatic rings. The average molecular weight is 558 g/mol. The Morgan fingerprint density at radius 1 is 1.11 bits per heavy atom. The molecule has 1 fully saturated rings. The molecular weight excluding hydrogens is 532 g/mol. The number of ether oxygens (including phenoxy) is 1. The second-order valence-corrected chi connectivity index (χ2v) is 9.38. The van der Waals surface area contributed by atoms with Gasteiger partial charge in [0.25, 0.3) is 0 Å². The second-order valence-electron chi connectivity index (χ2n) is 8.32. The standard InChI is InChI=1S/C18H23N3OS.2C2HF3O2/c1-13-20-17(12-23-13)9-21-5-4-18-15(8-21)6-19-7-16(18)11-22-10-14-2-3-14;2*3-2(4,5)1(6)7/h6-7,12,14H,2-5,8-11H2,1H3;2*(H,6,7). The fraction of sp³-hybridized carbons (Fsp3) is 0.545. The summed E-state index contributed by atoms with van der Waals surface area (Å²) in [5.41, 5.74) is 5.29. The topological polar surface area (TPSA) is 113 Å². The average Bonchev–Trinajstić information content (AvgIpc) is 3.53. The maximum atomic E-state index is 10.6. The summed E-state index contributed by atoms with van der Waals surface area (Å²) in [6.07, 6.45) is -2.38. The van der Waals surface area contributed by atoms with Crippen molar-refractivity contribution in [1.29, 1.82) is 0 Å². The van der Waals surface area contributed by atoms with Gasteiger partial charge in [0, 0.05) is 44.0 Å². The van der Waals surface area contributed by atoms with Crippen LogP contribution in [0.3, 0.4) is 0 Å². The van der Waals surface area contributed by atoms with E-state index in [1.165, 1.54) is 35.2 Å². The van der Waals surface area contributed by atoms with Crippen molar-refractivity contribution in [2.75, 3.05) is 13.2 Å². The lowest BCUT2D eigenvalue weighted by atomic mass is 9.97. The minimum Gasteiger partial charge on any atom is -0.475 e. The van der Waals surface area contributed by atoms with Gasteiger partial charge in [0.15, 0.2) is 0 Å². The van der Waals surface area contributed by atoms with Gasteiger partial charge in [-0.25, -0.2) is 14.6 Å². The number of rotatable bonds is 6. The first kappa shape index (κ1) is 30.4. The number of aliphatic carboxylic acids is 2. The zero-order valence-corrected chi connectivity index (χ0v) is 20.4. The van der Waals surface area contributed by atoms with Gasteiger partial charge >= 0.3 is 24.3 Å². The van der Waals surface area contributed by atoms with Gasteiger partial charge in [-0.05, 0) is 48.8 Å². The van der Waals surface area contributed by atoms with Crippen molar-refractivity contribution in [3.8, 4) is 0 Å². The van der Waals surface area contributed by atoms with Crippen molar-refractivity contribution in [2.24, 2.45) is 5.92 Å². The van der Waals surface area contributed by atoms with E-state index in [-0.39, 0.29) is 0 Å². The molecular formula is C22H25F6N3O5S. The van der Waals surface area contributed by atoms with Gasteiger partial charge in [0.05, 0.1) is 17.3 Å². The molecule has 8 nitrogen and oxygen atoms in total. The van der Waals surface area contributed by atoms with E-state index in [4.69, 9.17) is 24.5 Å². The summed E-state index contributed by atoms with van der Waals surface area (Å²) in [7, 11) is 0. The molecule has 37 heavy (non-hydrogen) atoms. The molecule has 0 radical (unpaired) electrons. The molecule has 1 saturated carbocycles. The van der Waals surface area contributed by atoms with Crippen LogP contribution < -0.4 is 0 Å². The van der Waals surface area contributed by atoms with E-state index in [2.05, 4.69) is 27.2 Å². The Morgan fingerprint density at radius 2 is 1.70 bits per heavy atom. The summed E-state index contributed by atoms with van der Waals surface area (Å²) >= 11 is 1.73. The highest BCUT2D eigenvalue weighted by Gasteiger charge is 2.38. The van der Waals surface area contributed by atoms with Crippen LogP contribution in [0.1, 0.15) is 40.2 Å². The van der Waals surface area contributed by atoms with Crippen LogP contribution in [-0.4, -0.2) is 62.5 Å². The van der Waals surface area contributed by atoms with Crippen LogP contribution in [0.2, 0.25) is 0 Å². The number of carbonyl (C=O) groups is 2. The van der Waals surface area contributed by atoms with Crippen molar-refractivity contribution in [1.82, 2.24) is 14.9 Å². The molecule has 206 valence electrons. The second kappa shape index (κ2) is 13.1. The van der Waals surface area contributed by atoms with E-state index < -0.39 is 24.3 Å². The number of nitrogens with zero attached hydrogens (tertiary/aromatic N) is 3. The molecule has 0 bridgehead atoms. The number of carboxylic acids is 2. The molecule has 0 aromatic carbocycles. The van der Waals surface area contributed by atoms with Crippen molar-refractivity contribution in [3.05, 3.63) is 45.2 Å². The van der Waals surface area contributed by atoms with E-state index in [9.17, 15) is 26.3 Å². The number of hydrogen-bond donors (Lipinski definition) is 2. The lowest BCUT2D eigenvalue weighted by Gasteiger charge is -2.29. The zero-order chi connectivity index (χ0) is 27.8. The Hall–Kier alpha value is -2.78. The van der Waals surface area contributed by atoms with Crippen LogP contribution in [0.4, 0.5) is 26.3 Å². The molecule has 4 rings (SSSR count). The molecule has 2 N–H and O–H groups in total. The number of alkyl halides is 6. The van der Waals surface area contributed by atoms with Gasteiger partial charge in [-0.2, -0.15) is 26.3 Å². The normalized spacial score (nSPS) is 15.5. The Kier molecular flexibility index (Phi) is 10.8. The third-order valence-corrected chi connectivity index (χ3v) is 5.98. The van der Waals surface area contributed by atoms with Crippen molar-refractivity contribution in [2.45, 2.75) is 58.2 Å². The summed E-state index contributed by atoms with van der Waals surface area (Å²) < 4.78 is 69.3. The summed E-state index contributed by atoms with van der Waals surface area (Å²) in [5, 5.41) is 17.6. The molecule has 2 aromatic rings. The van der Waals surface area contributed by atoms with Gasteiger partial charge in [-0.1, -0.05) is 0 Å². The van der Waals surface area contributed by atoms with Crippen LogP contribution in [0.15, 0.2) is 17.8 Å². The molecule has 0 saturated heterocycles. The van der Waals surface area contributed by atoms with E-state index in [1.54, 1.807) is 11.3 Å². The highest BCUT2D eigenvalue weighted by atomic mass is 32.1. The lowest BCUT2D eigenvalue weighted by molar-refractivity contribution is -0.193. The first-order valence-electron chi connectivity index (χ1n) is 10.9. The maximum absolute atomic E-state index is 10.6. The lowest BCUT2D eigenvalue weighted by Crippen LogP contribution is -2.31. The number of hydrogen-bond acceptors (Lipinski definition) is 7. The number of aryl methyl sites for hydroxylation is 1. The third-order valence-electron chi connectivity index (χ3n) is 5.15. The summed E-state index contributed by atoms with van der Waals surface area (Å²) in [5.74, 6) is -4.69. The summed E-state index contributed by atoms with van der Waals surface area (Å²) in [6.45, 7) is 6.69. The quantitative estimate of drug-likeness (QED) is 0.496. The van der Waals surface area contributed by atoms with E-state index in [1.807, 2.05) is 12.4 Å². The SMILES string of the molecule is Cc1nc(CN2CCc3c(COCC4CC4)cncc3C2)cs1.O=C(O)C(F)(F)F.O=C(O)C(F)(F)F. The van der Waals surface area contributed by atoms with E-state index >= 15 is 0 Å². The van der Waals surface area contributed by atoms with Crippen molar-refractivity contribution >= 4 is 23.3 Å². The summed E-state index contributed by atoms with van der Waals surface area (Å²) in [4.78, 5) is 29.3. The van der Waals surface area contributed by atoms with Gasteiger partial charge in [0.1, 0.15) is 0 Å². The first-order chi connectivity index (χ1) is 17.2. The van der Waals surface area contributed by atoms with Gasteiger partial charge in [-0.15, -0.1) is 11.3 Å². The largest absolute Gasteiger partial charge is 0.490 e. The van der Waals surface area contributed by atoms with E-state index in [0.717, 1.165) is 50.2 Å². The first-order valence-corrected chi connectivity index (χ1v) is 11.8. The minimum absolute atomic E-state index is 0.720. The predicted octanol–water partition coefficient (Wildman–Crippen LogP) is 4.60. The molecule has 0 spiro atoms. The predicted molar refractivity (Wildman–Crippen MR) is 119 cm³/mol. The molecule has 2 aromatic heterocycles. The molecule has 15 heteroatoms. The number of thiazole rings is 1. The summed E-state index contributed by atoms with van der Waals surface area (Å²) in [6, 6.07) is 0. The number of halogens is 6. The fourth-order valence-corrected chi connectivity index (χ4v) is 3.82. The minimum atomic E-state index is -5.08.